The highest BCUT2D eigenvalue weighted by atomic mass is 31.2. The van der Waals surface area contributed by atoms with Gasteiger partial charge in [0, 0.05) is 30.3 Å². The lowest BCUT2D eigenvalue weighted by Crippen LogP contribution is -2.38. The Labute approximate surface area is 178 Å². The van der Waals surface area contributed by atoms with Crippen molar-refractivity contribution in [3.63, 3.8) is 0 Å². The predicted octanol–water partition coefficient (Wildman–Crippen LogP) is 3.20. The molecule has 1 aliphatic rings. The van der Waals surface area contributed by atoms with Crippen LogP contribution in [0.5, 0.6) is 0 Å². The minimum atomic E-state index is -1.48. The third-order valence-corrected chi connectivity index (χ3v) is 7.06. The van der Waals surface area contributed by atoms with Gasteiger partial charge < -0.3 is 13.8 Å². The monoisotopic (exact) mass is 440 g/mol. The number of hydrogen-bond donors (Lipinski definition) is 1. The zero-order valence-electron chi connectivity index (χ0n) is 18.6. The Bertz CT molecular complexity index is 839. The molecule has 0 radical (unpaired) electrons. The van der Waals surface area contributed by atoms with Crippen molar-refractivity contribution in [1.82, 2.24) is 14.2 Å². The van der Waals surface area contributed by atoms with Crippen LogP contribution >= 0.6 is 8.53 Å². The third kappa shape index (κ3) is 5.99. The second-order valence-electron chi connectivity index (χ2n) is 7.96. The molecule has 2 unspecified atom stereocenters. The van der Waals surface area contributed by atoms with Gasteiger partial charge in [-0.05, 0) is 41.0 Å². The van der Waals surface area contributed by atoms with E-state index in [1.54, 1.807) is 6.92 Å². The largest absolute Gasteiger partial charge is 0.352 e. The first-order valence-electron chi connectivity index (χ1n) is 10.4. The molecule has 168 valence electrons. The maximum absolute atomic E-state index is 12.5. The number of aromatic amines is 1. The van der Waals surface area contributed by atoms with Crippen LogP contribution in [0.3, 0.4) is 0 Å². The van der Waals surface area contributed by atoms with E-state index < -0.39 is 32.1 Å². The fourth-order valence-electron chi connectivity index (χ4n) is 3.50. The van der Waals surface area contributed by atoms with Gasteiger partial charge in [0.05, 0.1) is 25.2 Å². The number of rotatable bonds is 10. The van der Waals surface area contributed by atoms with Gasteiger partial charge in [-0.15, -0.1) is 0 Å². The van der Waals surface area contributed by atoms with E-state index >= 15 is 0 Å². The quantitative estimate of drug-likeness (QED) is 0.439. The van der Waals surface area contributed by atoms with Crippen LogP contribution < -0.4 is 11.2 Å². The van der Waals surface area contributed by atoms with E-state index in [-0.39, 0.29) is 31.2 Å². The van der Waals surface area contributed by atoms with Gasteiger partial charge in [0.15, 0.2) is 6.23 Å². The summed E-state index contributed by atoms with van der Waals surface area (Å²) in [5.41, 5.74) is -0.512. The minimum absolute atomic E-state index is 0.0679. The molecule has 1 aliphatic heterocycles. The zero-order valence-corrected chi connectivity index (χ0v) is 19.5. The first kappa shape index (κ1) is 24.7. The molecular formula is C20H33N4O5P. The summed E-state index contributed by atoms with van der Waals surface area (Å²) >= 11 is 0. The standard InChI is InChI=1S/C20H33N4O5P/c1-7-16-11-17(19(28-16)23-12-15(6)18(25)22-20(23)26)29-30(27-10-8-9-21)24(13(2)3)14(4)5/h12-14,16-17,19H,7-8,10-11H2,1-6H3,(H,22,25,26)/t16-,17?,19-,30?/m1/s1. The lowest BCUT2D eigenvalue weighted by atomic mass is 10.1. The van der Waals surface area contributed by atoms with Crippen molar-refractivity contribution < 1.29 is 13.8 Å². The Balaban J connectivity index is 2.35. The van der Waals surface area contributed by atoms with E-state index in [1.165, 1.54) is 10.8 Å². The van der Waals surface area contributed by atoms with E-state index in [4.69, 9.17) is 19.0 Å². The van der Waals surface area contributed by atoms with Gasteiger partial charge in [-0.25, -0.2) is 9.46 Å². The SMILES string of the molecule is CC[C@@H]1CC(OP(OCCC#N)N(C(C)C)C(C)C)[C@H](n2cc(C)c(=O)[nH]c2=O)O1. The van der Waals surface area contributed by atoms with Crippen LogP contribution in [0.4, 0.5) is 0 Å². The molecule has 9 nitrogen and oxygen atoms in total. The number of aromatic nitrogens is 2. The fraction of sp³-hybridized carbons (Fsp3) is 0.750. The molecule has 2 heterocycles. The Kier molecular flexibility index (Phi) is 9.20. The lowest BCUT2D eigenvalue weighted by molar-refractivity contribution is -0.0373. The van der Waals surface area contributed by atoms with Crippen molar-refractivity contribution >= 4 is 8.53 Å². The summed E-state index contributed by atoms with van der Waals surface area (Å²) in [5.74, 6) is 0. The fourth-order valence-corrected chi connectivity index (χ4v) is 5.23. The molecule has 0 bridgehead atoms. The smallest absolute Gasteiger partial charge is 0.330 e. The molecule has 0 spiro atoms. The number of nitrogens with one attached hydrogen (secondary N) is 1. The molecule has 0 saturated carbocycles. The van der Waals surface area contributed by atoms with Gasteiger partial charge in [-0.2, -0.15) is 5.26 Å². The second kappa shape index (κ2) is 11.2. The first-order valence-corrected chi connectivity index (χ1v) is 11.5. The van der Waals surface area contributed by atoms with Crippen molar-refractivity contribution in [1.29, 1.82) is 5.26 Å². The van der Waals surface area contributed by atoms with Crippen LogP contribution in [0.1, 0.15) is 65.7 Å². The maximum atomic E-state index is 12.5. The number of hydrogen-bond acceptors (Lipinski definition) is 7. The van der Waals surface area contributed by atoms with Gasteiger partial charge in [-0.1, -0.05) is 6.92 Å². The summed E-state index contributed by atoms with van der Waals surface area (Å²) in [7, 11) is -1.48. The summed E-state index contributed by atoms with van der Waals surface area (Å²) in [5, 5.41) is 8.89. The van der Waals surface area contributed by atoms with Crippen molar-refractivity contribution in [2.24, 2.45) is 0 Å². The van der Waals surface area contributed by atoms with Crippen LogP contribution in [0.2, 0.25) is 0 Å². The van der Waals surface area contributed by atoms with Gasteiger partial charge in [-0.3, -0.25) is 14.3 Å². The Hall–Kier alpha value is -1.56. The van der Waals surface area contributed by atoms with Crippen LogP contribution in [-0.2, 0) is 13.8 Å². The highest BCUT2D eigenvalue weighted by molar-refractivity contribution is 7.44. The summed E-state index contributed by atoms with van der Waals surface area (Å²) in [6, 6.07) is 2.42. The summed E-state index contributed by atoms with van der Waals surface area (Å²) in [6.07, 6.45) is 2.01. The number of H-pyrrole nitrogens is 1. The molecular weight excluding hydrogens is 407 g/mol. The highest BCUT2D eigenvalue weighted by Crippen LogP contribution is 2.50. The van der Waals surface area contributed by atoms with Gasteiger partial charge in [0.1, 0.15) is 6.10 Å². The van der Waals surface area contributed by atoms with Gasteiger partial charge >= 0.3 is 5.69 Å². The van der Waals surface area contributed by atoms with Gasteiger partial charge in [0.2, 0.25) is 0 Å². The lowest BCUT2D eigenvalue weighted by Gasteiger charge is -2.37. The number of nitriles is 1. The molecule has 0 aliphatic carbocycles. The topological polar surface area (TPSA) is 110 Å². The average Bonchev–Trinajstić information content (AvgIpc) is 3.07. The van der Waals surface area contributed by atoms with Crippen molar-refractivity contribution in [2.45, 2.75) is 91.3 Å². The van der Waals surface area contributed by atoms with Crippen molar-refractivity contribution in [2.75, 3.05) is 6.61 Å². The molecule has 1 aromatic heterocycles. The summed E-state index contributed by atoms with van der Waals surface area (Å²) in [6.45, 7) is 12.2. The minimum Gasteiger partial charge on any atom is -0.352 e. The van der Waals surface area contributed by atoms with Gasteiger partial charge in [0.25, 0.3) is 14.1 Å². The Morgan fingerprint density at radius 2 is 2.03 bits per heavy atom. The molecule has 1 fully saturated rings. The highest BCUT2D eigenvalue weighted by Gasteiger charge is 2.41. The van der Waals surface area contributed by atoms with Crippen molar-refractivity contribution in [3.05, 3.63) is 32.6 Å². The molecule has 1 aromatic rings. The van der Waals surface area contributed by atoms with Crippen LogP contribution in [0.25, 0.3) is 0 Å². The number of ether oxygens (including phenoxy) is 1. The molecule has 4 atom stereocenters. The number of nitrogens with zero attached hydrogens (tertiary/aromatic N) is 3. The Morgan fingerprint density at radius 3 is 2.60 bits per heavy atom. The predicted molar refractivity (Wildman–Crippen MR) is 115 cm³/mol. The van der Waals surface area contributed by atoms with E-state index in [0.29, 0.717) is 12.0 Å². The molecule has 10 heteroatoms. The van der Waals surface area contributed by atoms with E-state index in [9.17, 15) is 9.59 Å². The van der Waals surface area contributed by atoms with E-state index in [0.717, 1.165) is 6.42 Å². The zero-order chi connectivity index (χ0) is 22.4. The van der Waals surface area contributed by atoms with Crippen LogP contribution in [0, 0.1) is 18.3 Å². The average molecular weight is 440 g/mol. The second-order valence-corrected chi connectivity index (χ2v) is 9.37. The normalized spacial score (nSPS) is 22.7. The molecule has 0 amide bonds. The van der Waals surface area contributed by atoms with Crippen LogP contribution in [-0.4, -0.2) is 45.1 Å². The van der Waals surface area contributed by atoms with Crippen molar-refractivity contribution in [3.8, 4) is 6.07 Å². The van der Waals surface area contributed by atoms with Crippen LogP contribution in [0.15, 0.2) is 15.8 Å². The summed E-state index contributed by atoms with van der Waals surface area (Å²) < 4.78 is 22.1. The molecule has 0 aromatic carbocycles. The maximum Gasteiger partial charge on any atom is 0.330 e. The molecule has 30 heavy (non-hydrogen) atoms. The number of aryl methyl sites for hydroxylation is 1. The summed E-state index contributed by atoms with van der Waals surface area (Å²) in [4.78, 5) is 26.6. The van der Waals surface area contributed by atoms with E-state index in [1.807, 2.05) is 6.92 Å². The molecule has 2 rings (SSSR count). The first-order chi connectivity index (χ1) is 14.2. The molecule has 1 saturated heterocycles. The Morgan fingerprint density at radius 1 is 1.37 bits per heavy atom. The van der Waals surface area contributed by atoms with E-state index in [2.05, 4.69) is 43.4 Å². The third-order valence-electron chi connectivity index (χ3n) is 4.91. The molecule has 1 N–H and O–H groups in total.